The first-order chi connectivity index (χ1) is 15.0. The maximum absolute atomic E-state index is 13.0. The number of unbranched alkanes of at least 4 members (excludes halogenated alkanes) is 1. The van der Waals surface area contributed by atoms with Gasteiger partial charge in [-0.2, -0.15) is 0 Å². The number of hydrogen-bond acceptors (Lipinski definition) is 3. The van der Waals surface area contributed by atoms with Gasteiger partial charge in [-0.25, -0.2) is 0 Å². The van der Waals surface area contributed by atoms with Crippen LogP contribution in [0.2, 0.25) is 0 Å². The van der Waals surface area contributed by atoms with Crippen LogP contribution >= 0.6 is 0 Å². The molecule has 0 spiro atoms. The standard InChI is InChI=1S/C26H36N2O3/c1-4-5-18-27-26(30)22(3)28(19-17-23-10-7-6-8-11-23)25(29)12-9-20-31-24-15-13-21(2)14-16-24/h6-8,10-11,13-16,22H,4-5,9,12,17-20H2,1-3H3,(H,27,30). The molecular formula is C26H36N2O3. The average Bonchev–Trinajstić information content (AvgIpc) is 2.78. The Hall–Kier alpha value is -2.82. The Morgan fingerprint density at radius 1 is 1.03 bits per heavy atom. The quantitative estimate of drug-likeness (QED) is 0.481. The van der Waals surface area contributed by atoms with Crippen molar-refractivity contribution in [3.63, 3.8) is 0 Å². The van der Waals surface area contributed by atoms with Crippen molar-refractivity contribution in [1.29, 1.82) is 0 Å². The van der Waals surface area contributed by atoms with E-state index >= 15 is 0 Å². The number of carbonyl (C=O) groups excluding carboxylic acids is 2. The minimum atomic E-state index is -0.494. The Kier molecular flexibility index (Phi) is 10.6. The Bertz CT molecular complexity index is 790. The van der Waals surface area contributed by atoms with E-state index < -0.39 is 6.04 Å². The van der Waals surface area contributed by atoms with E-state index in [1.165, 1.54) is 5.56 Å². The third-order valence-corrected chi connectivity index (χ3v) is 5.31. The van der Waals surface area contributed by atoms with Crippen LogP contribution in [0.5, 0.6) is 5.75 Å². The molecule has 0 aliphatic heterocycles. The van der Waals surface area contributed by atoms with Gasteiger partial charge in [-0.15, -0.1) is 0 Å². The van der Waals surface area contributed by atoms with Gasteiger partial charge in [0.15, 0.2) is 0 Å². The molecule has 31 heavy (non-hydrogen) atoms. The van der Waals surface area contributed by atoms with Crippen molar-refractivity contribution in [3.05, 3.63) is 65.7 Å². The molecule has 0 heterocycles. The molecule has 0 radical (unpaired) electrons. The van der Waals surface area contributed by atoms with Crippen molar-refractivity contribution >= 4 is 11.8 Å². The maximum Gasteiger partial charge on any atom is 0.242 e. The Balaban J connectivity index is 1.90. The van der Waals surface area contributed by atoms with E-state index in [0.29, 0.717) is 32.5 Å². The highest BCUT2D eigenvalue weighted by Gasteiger charge is 2.25. The van der Waals surface area contributed by atoms with Crippen molar-refractivity contribution in [2.45, 2.75) is 58.9 Å². The molecule has 0 bridgehead atoms. The Morgan fingerprint density at radius 2 is 1.74 bits per heavy atom. The highest BCUT2D eigenvalue weighted by molar-refractivity contribution is 5.87. The number of carbonyl (C=O) groups is 2. The van der Waals surface area contributed by atoms with Gasteiger partial charge in [0.2, 0.25) is 11.8 Å². The van der Waals surface area contributed by atoms with Crippen LogP contribution in [0.1, 0.15) is 50.7 Å². The Labute approximate surface area is 186 Å². The van der Waals surface area contributed by atoms with E-state index in [4.69, 9.17) is 4.74 Å². The number of nitrogens with one attached hydrogen (secondary N) is 1. The summed E-state index contributed by atoms with van der Waals surface area (Å²) >= 11 is 0. The first kappa shape index (κ1) is 24.4. The number of ether oxygens (including phenoxy) is 1. The SMILES string of the molecule is CCCCNC(=O)C(C)N(CCc1ccccc1)C(=O)CCCOc1ccc(C)cc1. The third kappa shape index (κ3) is 8.83. The van der Waals surface area contributed by atoms with E-state index in [9.17, 15) is 9.59 Å². The largest absolute Gasteiger partial charge is 0.494 e. The topological polar surface area (TPSA) is 58.6 Å². The highest BCUT2D eigenvalue weighted by atomic mass is 16.5. The highest BCUT2D eigenvalue weighted by Crippen LogP contribution is 2.13. The predicted molar refractivity (Wildman–Crippen MR) is 125 cm³/mol. The van der Waals surface area contributed by atoms with Gasteiger partial charge in [0.05, 0.1) is 6.61 Å². The van der Waals surface area contributed by atoms with E-state index in [1.54, 1.807) is 4.90 Å². The summed E-state index contributed by atoms with van der Waals surface area (Å²) in [5.41, 5.74) is 2.34. The molecule has 1 atom stereocenters. The molecule has 1 unspecified atom stereocenters. The van der Waals surface area contributed by atoms with Crippen LogP contribution in [0.25, 0.3) is 0 Å². The van der Waals surface area contributed by atoms with Crippen molar-refractivity contribution in [2.24, 2.45) is 0 Å². The molecular weight excluding hydrogens is 388 g/mol. The first-order valence-electron chi connectivity index (χ1n) is 11.3. The fraction of sp³-hybridized carbons (Fsp3) is 0.462. The number of benzene rings is 2. The van der Waals surface area contributed by atoms with Crippen LogP contribution < -0.4 is 10.1 Å². The predicted octanol–water partition coefficient (Wildman–Crippen LogP) is 4.53. The second kappa shape index (κ2) is 13.5. The second-order valence-electron chi connectivity index (χ2n) is 7.91. The fourth-order valence-electron chi connectivity index (χ4n) is 3.30. The third-order valence-electron chi connectivity index (χ3n) is 5.31. The smallest absolute Gasteiger partial charge is 0.242 e. The summed E-state index contributed by atoms with van der Waals surface area (Å²) in [4.78, 5) is 27.3. The zero-order valence-corrected chi connectivity index (χ0v) is 19.1. The first-order valence-corrected chi connectivity index (χ1v) is 11.3. The van der Waals surface area contributed by atoms with Gasteiger partial charge < -0.3 is 15.0 Å². The lowest BCUT2D eigenvalue weighted by Gasteiger charge is -2.29. The van der Waals surface area contributed by atoms with Gasteiger partial charge in [0.1, 0.15) is 11.8 Å². The van der Waals surface area contributed by atoms with E-state index in [-0.39, 0.29) is 11.8 Å². The van der Waals surface area contributed by atoms with Crippen LogP contribution in [0.15, 0.2) is 54.6 Å². The van der Waals surface area contributed by atoms with Gasteiger partial charge in [0, 0.05) is 19.5 Å². The lowest BCUT2D eigenvalue weighted by atomic mass is 10.1. The number of rotatable bonds is 13. The molecule has 0 aliphatic carbocycles. The molecule has 2 amide bonds. The zero-order chi connectivity index (χ0) is 22.5. The summed E-state index contributed by atoms with van der Waals surface area (Å²) in [7, 11) is 0. The lowest BCUT2D eigenvalue weighted by Crippen LogP contribution is -2.49. The van der Waals surface area contributed by atoms with Crippen LogP contribution in [-0.4, -0.2) is 42.5 Å². The Morgan fingerprint density at radius 3 is 2.42 bits per heavy atom. The summed E-state index contributed by atoms with van der Waals surface area (Å²) in [5.74, 6) is 0.704. The second-order valence-corrected chi connectivity index (χ2v) is 7.91. The molecule has 168 valence electrons. The van der Waals surface area contributed by atoms with Crippen molar-refractivity contribution in [3.8, 4) is 5.75 Å². The number of hydrogen-bond donors (Lipinski definition) is 1. The molecule has 0 saturated carbocycles. The average molecular weight is 425 g/mol. The van der Waals surface area contributed by atoms with Crippen LogP contribution in [0.4, 0.5) is 0 Å². The molecule has 2 rings (SSSR count). The minimum absolute atomic E-state index is 0.0124. The number of aryl methyl sites for hydroxylation is 1. The number of nitrogens with zero attached hydrogens (tertiary/aromatic N) is 1. The summed E-state index contributed by atoms with van der Waals surface area (Å²) in [5, 5.41) is 2.95. The molecule has 5 nitrogen and oxygen atoms in total. The summed E-state index contributed by atoms with van der Waals surface area (Å²) in [6.07, 6.45) is 3.64. The molecule has 0 saturated heterocycles. The van der Waals surface area contributed by atoms with Gasteiger partial charge in [-0.1, -0.05) is 61.4 Å². The van der Waals surface area contributed by atoms with Crippen LogP contribution in [0, 0.1) is 6.92 Å². The lowest BCUT2D eigenvalue weighted by molar-refractivity contribution is -0.140. The summed E-state index contributed by atoms with van der Waals surface area (Å²) < 4.78 is 5.74. The molecule has 0 fully saturated rings. The van der Waals surface area contributed by atoms with E-state index in [2.05, 4.69) is 12.2 Å². The molecule has 2 aromatic carbocycles. The summed E-state index contributed by atoms with van der Waals surface area (Å²) in [6.45, 7) is 7.57. The van der Waals surface area contributed by atoms with Crippen molar-refractivity contribution < 1.29 is 14.3 Å². The van der Waals surface area contributed by atoms with E-state index in [1.807, 2.05) is 68.4 Å². The molecule has 1 N–H and O–H groups in total. The fourth-order valence-corrected chi connectivity index (χ4v) is 3.30. The van der Waals surface area contributed by atoms with Crippen LogP contribution in [0.3, 0.4) is 0 Å². The molecule has 2 aromatic rings. The maximum atomic E-state index is 13.0. The zero-order valence-electron chi connectivity index (χ0n) is 19.1. The summed E-state index contributed by atoms with van der Waals surface area (Å²) in [6, 6.07) is 17.4. The van der Waals surface area contributed by atoms with E-state index in [0.717, 1.165) is 30.6 Å². The molecule has 0 aliphatic rings. The van der Waals surface area contributed by atoms with Crippen molar-refractivity contribution in [2.75, 3.05) is 19.7 Å². The van der Waals surface area contributed by atoms with Gasteiger partial charge in [0.25, 0.3) is 0 Å². The molecule has 5 heteroatoms. The van der Waals surface area contributed by atoms with Gasteiger partial charge in [-0.05, 0) is 50.8 Å². The van der Waals surface area contributed by atoms with Crippen LogP contribution in [-0.2, 0) is 16.0 Å². The van der Waals surface area contributed by atoms with Gasteiger partial charge >= 0.3 is 0 Å². The van der Waals surface area contributed by atoms with Gasteiger partial charge in [-0.3, -0.25) is 9.59 Å². The monoisotopic (exact) mass is 424 g/mol. The van der Waals surface area contributed by atoms with Crippen molar-refractivity contribution in [1.82, 2.24) is 10.2 Å². The minimum Gasteiger partial charge on any atom is -0.494 e. The molecule has 0 aromatic heterocycles. The normalized spacial score (nSPS) is 11.6. The number of amides is 2.